The molecule has 2 aromatic rings. The summed E-state index contributed by atoms with van der Waals surface area (Å²) in [6.45, 7) is 0.935. The lowest BCUT2D eigenvalue weighted by Gasteiger charge is -2.14. The third kappa shape index (κ3) is 2.32. The van der Waals surface area contributed by atoms with E-state index in [9.17, 15) is 0 Å². The Morgan fingerprint density at radius 2 is 2.21 bits per heavy atom. The van der Waals surface area contributed by atoms with Gasteiger partial charge in [-0.3, -0.25) is 0 Å². The number of hydrogen-bond acceptors (Lipinski definition) is 6. The maximum absolute atomic E-state index is 6.14. The van der Waals surface area contributed by atoms with Gasteiger partial charge in [-0.1, -0.05) is 28.4 Å². The molecule has 0 amide bonds. The number of pyridine rings is 1. The Morgan fingerprint density at radius 3 is 2.89 bits per heavy atom. The monoisotopic (exact) mass is 300 g/mol. The summed E-state index contributed by atoms with van der Waals surface area (Å²) >= 11 is 11.8. The van der Waals surface area contributed by atoms with Crippen LogP contribution in [0, 0.1) is 0 Å². The lowest BCUT2D eigenvalue weighted by molar-refractivity contribution is 0.166. The maximum Gasteiger partial charge on any atom is 0.249 e. The average Bonchev–Trinajstić information content (AvgIpc) is 2.99. The van der Waals surface area contributed by atoms with Crippen LogP contribution in [0.5, 0.6) is 0 Å². The zero-order chi connectivity index (χ0) is 13.5. The van der Waals surface area contributed by atoms with E-state index in [0.717, 1.165) is 0 Å². The number of nitrogens with zero attached hydrogens (tertiary/aromatic N) is 3. The van der Waals surface area contributed by atoms with Gasteiger partial charge in [-0.15, -0.1) is 0 Å². The molecule has 1 unspecified atom stereocenters. The van der Waals surface area contributed by atoms with E-state index in [4.69, 9.17) is 38.2 Å². The second kappa shape index (κ2) is 4.72. The molecule has 19 heavy (non-hydrogen) atoms. The van der Waals surface area contributed by atoms with Gasteiger partial charge in [-0.25, -0.2) is 4.98 Å². The van der Waals surface area contributed by atoms with Gasteiger partial charge in [-0.05, 0) is 12.5 Å². The minimum Gasteiger partial charge on any atom is -0.379 e. The minimum absolute atomic E-state index is 0.286. The van der Waals surface area contributed by atoms with Crippen LogP contribution in [0.25, 0.3) is 11.5 Å². The molecular weight excluding hydrogens is 291 g/mol. The lowest BCUT2D eigenvalue weighted by atomic mass is 10.0. The molecule has 2 aromatic heterocycles. The standard InChI is InChI=1S/C11H10Cl2N4O2/c12-6-3-7(13)8(15-4-6)9-16-10(19-17-9)11(14)1-2-18-5-11/h3-4H,1-2,5,14H2. The van der Waals surface area contributed by atoms with E-state index in [1.807, 2.05) is 0 Å². The van der Waals surface area contributed by atoms with E-state index in [-0.39, 0.29) is 5.82 Å². The van der Waals surface area contributed by atoms with Crippen LogP contribution in [0.2, 0.25) is 10.0 Å². The van der Waals surface area contributed by atoms with Crippen molar-refractivity contribution in [3.63, 3.8) is 0 Å². The molecule has 0 aromatic carbocycles. The third-order valence-corrected chi connectivity index (χ3v) is 3.42. The molecule has 0 bridgehead atoms. The van der Waals surface area contributed by atoms with E-state index in [1.165, 1.54) is 6.20 Å². The molecule has 1 atom stereocenters. The summed E-state index contributed by atoms with van der Waals surface area (Å²) in [7, 11) is 0. The van der Waals surface area contributed by atoms with Crippen molar-refractivity contribution in [1.82, 2.24) is 15.1 Å². The van der Waals surface area contributed by atoms with Gasteiger partial charge in [0.25, 0.3) is 0 Å². The number of halogens is 2. The van der Waals surface area contributed by atoms with Crippen molar-refractivity contribution in [2.24, 2.45) is 5.73 Å². The second-order valence-corrected chi connectivity index (χ2v) is 5.21. The smallest absolute Gasteiger partial charge is 0.249 e. The summed E-state index contributed by atoms with van der Waals surface area (Å²) in [4.78, 5) is 8.34. The Bertz CT molecular complexity index is 610. The van der Waals surface area contributed by atoms with E-state index >= 15 is 0 Å². The minimum atomic E-state index is -0.732. The molecule has 1 aliphatic heterocycles. The highest BCUT2D eigenvalue weighted by Crippen LogP contribution is 2.30. The largest absolute Gasteiger partial charge is 0.379 e. The van der Waals surface area contributed by atoms with Gasteiger partial charge in [0.15, 0.2) is 0 Å². The molecule has 0 radical (unpaired) electrons. The number of ether oxygens (including phenoxy) is 1. The van der Waals surface area contributed by atoms with Crippen molar-refractivity contribution in [2.45, 2.75) is 12.0 Å². The molecule has 1 aliphatic rings. The van der Waals surface area contributed by atoms with Crippen molar-refractivity contribution in [1.29, 1.82) is 0 Å². The van der Waals surface area contributed by atoms with Crippen molar-refractivity contribution in [2.75, 3.05) is 13.2 Å². The number of hydrogen-bond donors (Lipinski definition) is 1. The molecule has 6 nitrogen and oxygen atoms in total. The molecule has 3 rings (SSSR count). The van der Waals surface area contributed by atoms with E-state index in [2.05, 4.69) is 15.1 Å². The van der Waals surface area contributed by atoms with Gasteiger partial charge in [0.05, 0.1) is 16.7 Å². The first kappa shape index (κ1) is 12.8. The first-order chi connectivity index (χ1) is 9.08. The van der Waals surface area contributed by atoms with Gasteiger partial charge in [-0.2, -0.15) is 4.98 Å². The van der Waals surface area contributed by atoms with Crippen LogP contribution in [-0.4, -0.2) is 28.3 Å². The predicted molar refractivity (Wildman–Crippen MR) is 68.9 cm³/mol. The highest BCUT2D eigenvalue weighted by atomic mass is 35.5. The lowest BCUT2D eigenvalue weighted by Crippen LogP contribution is -2.37. The Balaban J connectivity index is 1.97. The van der Waals surface area contributed by atoms with Crippen molar-refractivity contribution in [3.05, 3.63) is 28.2 Å². The molecule has 0 saturated carbocycles. The van der Waals surface area contributed by atoms with Gasteiger partial charge >= 0.3 is 0 Å². The van der Waals surface area contributed by atoms with E-state index in [0.29, 0.717) is 41.3 Å². The number of nitrogens with two attached hydrogens (primary N) is 1. The molecule has 0 aliphatic carbocycles. The Kier molecular flexibility index (Phi) is 3.18. The van der Waals surface area contributed by atoms with Crippen LogP contribution in [0.15, 0.2) is 16.8 Å². The predicted octanol–water partition coefficient (Wildman–Crippen LogP) is 2.01. The first-order valence-corrected chi connectivity index (χ1v) is 6.36. The summed E-state index contributed by atoms with van der Waals surface area (Å²) in [6.07, 6.45) is 2.10. The Labute approximate surface area is 118 Å². The van der Waals surface area contributed by atoms with E-state index < -0.39 is 5.54 Å². The van der Waals surface area contributed by atoms with Crippen LogP contribution < -0.4 is 5.73 Å². The summed E-state index contributed by atoms with van der Waals surface area (Å²) < 4.78 is 10.5. The van der Waals surface area contributed by atoms with Gasteiger partial charge < -0.3 is 15.0 Å². The topological polar surface area (TPSA) is 87.1 Å². The third-order valence-electron chi connectivity index (χ3n) is 2.92. The zero-order valence-electron chi connectivity index (χ0n) is 9.77. The van der Waals surface area contributed by atoms with Crippen molar-refractivity contribution < 1.29 is 9.26 Å². The van der Waals surface area contributed by atoms with Crippen LogP contribution in [0.1, 0.15) is 12.3 Å². The fraction of sp³-hybridized carbons (Fsp3) is 0.364. The Morgan fingerprint density at radius 1 is 1.37 bits per heavy atom. The summed E-state index contributed by atoms with van der Waals surface area (Å²) in [5, 5.41) is 4.65. The normalized spacial score (nSPS) is 22.9. The number of aromatic nitrogens is 3. The molecule has 1 fully saturated rings. The van der Waals surface area contributed by atoms with Crippen LogP contribution in [-0.2, 0) is 10.3 Å². The average molecular weight is 301 g/mol. The van der Waals surface area contributed by atoms with E-state index in [1.54, 1.807) is 6.07 Å². The van der Waals surface area contributed by atoms with Crippen molar-refractivity contribution in [3.8, 4) is 11.5 Å². The molecule has 2 N–H and O–H groups in total. The maximum atomic E-state index is 6.14. The van der Waals surface area contributed by atoms with Crippen LogP contribution >= 0.6 is 23.2 Å². The SMILES string of the molecule is NC1(c2nc(-c3ncc(Cl)cc3Cl)no2)CCOC1. The fourth-order valence-electron chi connectivity index (χ4n) is 1.85. The highest BCUT2D eigenvalue weighted by Gasteiger charge is 2.38. The molecule has 100 valence electrons. The molecule has 8 heteroatoms. The van der Waals surface area contributed by atoms with Crippen molar-refractivity contribution >= 4 is 23.2 Å². The summed E-state index contributed by atoms with van der Waals surface area (Å²) in [6, 6.07) is 1.57. The molecule has 0 spiro atoms. The Hall–Kier alpha value is -1.21. The van der Waals surface area contributed by atoms with Gasteiger partial charge in [0.1, 0.15) is 11.2 Å². The molecular formula is C11H10Cl2N4O2. The van der Waals surface area contributed by atoms with Crippen LogP contribution in [0.4, 0.5) is 0 Å². The highest BCUT2D eigenvalue weighted by molar-refractivity contribution is 6.35. The summed E-state index contributed by atoms with van der Waals surface area (Å²) in [5.41, 5.74) is 5.81. The fourth-order valence-corrected chi connectivity index (χ4v) is 2.32. The summed E-state index contributed by atoms with van der Waals surface area (Å²) in [5.74, 6) is 0.612. The second-order valence-electron chi connectivity index (χ2n) is 4.37. The van der Waals surface area contributed by atoms with Gasteiger partial charge in [0, 0.05) is 12.8 Å². The number of rotatable bonds is 2. The zero-order valence-corrected chi connectivity index (χ0v) is 11.3. The van der Waals surface area contributed by atoms with Crippen LogP contribution in [0.3, 0.4) is 0 Å². The molecule has 3 heterocycles. The quantitative estimate of drug-likeness (QED) is 0.913. The van der Waals surface area contributed by atoms with Gasteiger partial charge in [0.2, 0.25) is 11.7 Å². The first-order valence-electron chi connectivity index (χ1n) is 5.61. The molecule has 1 saturated heterocycles.